The van der Waals surface area contributed by atoms with Crippen molar-refractivity contribution in [2.75, 3.05) is 14.2 Å². The van der Waals surface area contributed by atoms with Gasteiger partial charge < -0.3 is 20.3 Å². The van der Waals surface area contributed by atoms with Crippen LogP contribution >= 0.6 is 0 Å². The number of nitrogens with one attached hydrogen (secondary N) is 2. The molecule has 2 heterocycles. The van der Waals surface area contributed by atoms with Crippen molar-refractivity contribution in [2.45, 2.75) is 32.1 Å². The summed E-state index contributed by atoms with van der Waals surface area (Å²) in [5.74, 6) is -0.331. The molecule has 1 aliphatic rings. The number of hydrogen-bond donors (Lipinski definition) is 2. The maximum absolute atomic E-state index is 13.1. The Kier molecular flexibility index (Phi) is 6.36. The minimum atomic E-state index is -1.15. The molecule has 1 atom stereocenters. The summed E-state index contributed by atoms with van der Waals surface area (Å²) in [7, 11) is 3.18. The van der Waals surface area contributed by atoms with E-state index in [4.69, 9.17) is 4.74 Å². The topological polar surface area (TPSA) is 106 Å². The fraction of sp³-hybridized carbons (Fsp3) is 0.280. The first kappa shape index (κ1) is 23.0. The predicted molar refractivity (Wildman–Crippen MR) is 125 cm³/mol. The van der Waals surface area contributed by atoms with Gasteiger partial charge in [-0.05, 0) is 30.2 Å². The molecule has 1 aromatic heterocycles. The van der Waals surface area contributed by atoms with Crippen LogP contribution in [0.5, 0.6) is 5.75 Å². The minimum Gasteiger partial charge on any atom is -0.497 e. The summed E-state index contributed by atoms with van der Waals surface area (Å²) in [5.41, 5.74) is 1.10. The summed E-state index contributed by atoms with van der Waals surface area (Å²) in [6.07, 6.45) is 0. The largest absolute Gasteiger partial charge is 0.497 e. The van der Waals surface area contributed by atoms with Gasteiger partial charge in [0.05, 0.1) is 13.7 Å². The van der Waals surface area contributed by atoms with Gasteiger partial charge in [0.15, 0.2) is 5.69 Å². The monoisotopic (exact) mass is 461 g/mol. The lowest BCUT2D eigenvalue weighted by Gasteiger charge is -2.40. The van der Waals surface area contributed by atoms with Crippen molar-refractivity contribution in [1.82, 2.24) is 25.3 Å². The summed E-state index contributed by atoms with van der Waals surface area (Å²) in [6, 6.07) is 18.3. The molecule has 4 rings (SSSR count). The van der Waals surface area contributed by atoms with E-state index in [0.717, 1.165) is 16.9 Å². The maximum Gasteiger partial charge on any atom is 0.272 e. The Morgan fingerprint density at radius 2 is 1.68 bits per heavy atom. The Hall–Kier alpha value is -4.14. The van der Waals surface area contributed by atoms with Gasteiger partial charge in [0.2, 0.25) is 5.91 Å². The summed E-state index contributed by atoms with van der Waals surface area (Å²) in [6.45, 7) is 2.48. The van der Waals surface area contributed by atoms with Crippen LogP contribution in [0.2, 0.25) is 0 Å². The normalized spacial score (nSPS) is 17.1. The number of aromatic nitrogens is 2. The molecule has 34 heavy (non-hydrogen) atoms. The Morgan fingerprint density at radius 1 is 1.03 bits per heavy atom. The SMILES string of the molecule is COc1ccc(CNC(=O)c2cc3n(n2)CC(C)(C(=O)NCc2ccccc2)N(C)C3=O)cc1. The Morgan fingerprint density at radius 3 is 2.35 bits per heavy atom. The number of hydrogen-bond acceptors (Lipinski definition) is 5. The van der Waals surface area contributed by atoms with E-state index in [0.29, 0.717) is 13.1 Å². The number of ether oxygens (including phenoxy) is 1. The van der Waals surface area contributed by atoms with E-state index >= 15 is 0 Å². The number of likely N-dealkylation sites (N-methyl/N-ethyl adjacent to an activating group) is 1. The third kappa shape index (κ3) is 4.50. The molecule has 2 aromatic carbocycles. The van der Waals surface area contributed by atoms with Gasteiger partial charge in [-0.1, -0.05) is 42.5 Å². The Labute approximate surface area is 197 Å². The molecule has 3 amide bonds. The highest BCUT2D eigenvalue weighted by Crippen LogP contribution is 2.26. The number of rotatable bonds is 7. The average Bonchev–Trinajstić information content (AvgIpc) is 3.29. The van der Waals surface area contributed by atoms with Crippen LogP contribution in [-0.4, -0.2) is 52.1 Å². The lowest BCUT2D eigenvalue weighted by molar-refractivity contribution is -0.132. The number of fused-ring (bicyclic) bond motifs is 1. The predicted octanol–water partition coefficient (Wildman–Crippen LogP) is 1.98. The van der Waals surface area contributed by atoms with Gasteiger partial charge in [-0.25, -0.2) is 0 Å². The molecule has 1 unspecified atom stereocenters. The lowest BCUT2D eigenvalue weighted by atomic mass is 9.96. The van der Waals surface area contributed by atoms with Crippen molar-refractivity contribution >= 4 is 17.7 Å². The second kappa shape index (κ2) is 9.38. The number of carbonyl (C=O) groups is 3. The van der Waals surface area contributed by atoms with Crippen molar-refractivity contribution in [2.24, 2.45) is 0 Å². The summed E-state index contributed by atoms with van der Waals surface area (Å²) >= 11 is 0. The standard InChI is InChI=1S/C25H27N5O4/c1-25(24(33)27-15-17-7-5-4-6-8-17)16-30-21(23(32)29(25)2)13-20(28-30)22(31)26-14-18-9-11-19(34-3)12-10-18/h4-13H,14-16H2,1-3H3,(H,26,31)(H,27,33). The molecule has 0 fully saturated rings. The minimum absolute atomic E-state index is 0.124. The molecule has 3 aromatic rings. The fourth-order valence-corrected chi connectivity index (χ4v) is 3.82. The second-order valence-electron chi connectivity index (χ2n) is 8.41. The zero-order chi connectivity index (χ0) is 24.3. The molecular formula is C25H27N5O4. The second-order valence-corrected chi connectivity index (χ2v) is 8.41. The van der Waals surface area contributed by atoms with E-state index in [9.17, 15) is 14.4 Å². The molecule has 0 saturated carbocycles. The van der Waals surface area contributed by atoms with Crippen LogP contribution in [0.15, 0.2) is 60.7 Å². The van der Waals surface area contributed by atoms with Gasteiger partial charge in [-0.15, -0.1) is 0 Å². The van der Waals surface area contributed by atoms with Crippen LogP contribution < -0.4 is 15.4 Å². The molecule has 0 aliphatic carbocycles. The number of nitrogens with zero attached hydrogens (tertiary/aromatic N) is 3. The smallest absolute Gasteiger partial charge is 0.272 e. The van der Waals surface area contributed by atoms with Crippen molar-refractivity contribution in [3.63, 3.8) is 0 Å². The zero-order valence-electron chi connectivity index (χ0n) is 19.4. The highest BCUT2D eigenvalue weighted by Gasteiger charge is 2.46. The van der Waals surface area contributed by atoms with Crippen LogP contribution in [-0.2, 0) is 24.4 Å². The van der Waals surface area contributed by atoms with Crippen LogP contribution in [0.1, 0.15) is 39.0 Å². The molecule has 2 N–H and O–H groups in total. The van der Waals surface area contributed by atoms with Gasteiger partial charge in [0, 0.05) is 26.2 Å². The third-order valence-corrected chi connectivity index (χ3v) is 6.13. The third-order valence-electron chi connectivity index (χ3n) is 6.13. The molecule has 0 saturated heterocycles. The summed E-state index contributed by atoms with van der Waals surface area (Å²) in [4.78, 5) is 40.2. The van der Waals surface area contributed by atoms with E-state index in [1.807, 2.05) is 54.6 Å². The first-order valence-electron chi connectivity index (χ1n) is 10.9. The molecule has 176 valence electrons. The highest BCUT2D eigenvalue weighted by atomic mass is 16.5. The van der Waals surface area contributed by atoms with E-state index in [1.54, 1.807) is 21.1 Å². The van der Waals surface area contributed by atoms with Crippen LogP contribution in [0.4, 0.5) is 0 Å². The summed E-state index contributed by atoms with van der Waals surface area (Å²) < 4.78 is 6.57. The maximum atomic E-state index is 13.1. The molecule has 0 bridgehead atoms. The van der Waals surface area contributed by atoms with Crippen LogP contribution in [0, 0.1) is 0 Å². The van der Waals surface area contributed by atoms with Gasteiger partial charge in [-0.2, -0.15) is 5.10 Å². The van der Waals surface area contributed by atoms with Crippen LogP contribution in [0.3, 0.4) is 0 Å². The molecule has 1 aliphatic heterocycles. The zero-order valence-corrected chi connectivity index (χ0v) is 19.4. The Balaban J connectivity index is 1.45. The number of amides is 3. The quantitative estimate of drug-likeness (QED) is 0.560. The van der Waals surface area contributed by atoms with Gasteiger partial charge in [-0.3, -0.25) is 19.1 Å². The number of carbonyl (C=O) groups excluding carboxylic acids is 3. The molecule has 9 heteroatoms. The van der Waals surface area contributed by atoms with E-state index < -0.39 is 11.4 Å². The molecule has 0 spiro atoms. The molecular weight excluding hydrogens is 434 g/mol. The molecule has 9 nitrogen and oxygen atoms in total. The first-order chi connectivity index (χ1) is 16.3. The fourth-order valence-electron chi connectivity index (χ4n) is 3.82. The van der Waals surface area contributed by atoms with Gasteiger partial charge in [0.25, 0.3) is 11.8 Å². The lowest BCUT2D eigenvalue weighted by Crippen LogP contribution is -2.62. The van der Waals surface area contributed by atoms with Gasteiger partial charge >= 0.3 is 0 Å². The van der Waals surface area contributed by atoms with Crippen molar-refractivity contribution in [1.29, 1.82) is 0 Å². The number of benzene rings is 2. The van der Waals surface area contributed by atoms with E-state index in [2.05, 4.69) is 15.7 Å². The van der Waals surface area contributed by atoms with Crippen molar-refractivity contribution in [3.8, 4) is 5.75 Å². The van der Waals surface area contributed by atoms with E-state index in [1.165, 1.54) is 15.6 Å². The Bertz CT molecular complexity index is 1210. The molecule has 0 radical (unpaired) electrons. The van der Waals surface area contributed by atoms with E-state index in [-0.39, 0.29) is 29.7 Å². The highest BCUT2D eigenvalue weighted by molar-refractivity contribution is 6.01. The first-order valence-corrected chi connectivity index (χ1v) is 10.9. The van der Waals surface area contributed by atoms with Crippen LogP contribution in [0.25, 0.3) is 0 Å². The number of methoxy groups -OCH3 is 1. The van der Waals surface area contributed by atoms with Crippen molar-refractivity contribution in [3.05, 3.63) is 83.2 Å². The average molecular weight is 462 g/mol. The van der Waals surface area contributed by atoms with Crippen molar-refractivity contribution < 1.29 is 19.1 Å². The summed E-state index contributed by atoms with van der Waals surface area (Å²) in [5, 5.41) is 10.0. The van der Waals surface area contributed by atoms with Gasteiger partial charge in [0.1, 0.15) is 17.0 Å².